The molecule has 0 saturated carbocycles. The van der Waals surface area contributed by atoms with Gasteiger partial charge in [0.1, 0.15) is 11.1 Å². The highest BCUT2D eigenvalue weighted by atomic mass is 79.9. The predicted octanol–water partition coefficient (Wildman–Crippen LogP) is 3.57. The van der Waals surface area contributed by atoms with Gasteiger partial charge in [-0.3, -0.25) is 0 Å². The third-order valence-corrected chi connectivity index (χ3v) is 3.78. The standard InChI is InChI=1S/C13H7BrN2O2S/c14-10-2-3-11(9(5-10)6-15)19-12-4-1-8(7-16-12)13(17)18/h1-5,7H,(H,17,18). The number of aromatic carboxylic acids is 1. The maximum absolute atomic E-state index is 10.7. The van der Waals surface area contributed by atoms with Gasteiger partial charge in [-0.2, -0.15) is 5.26 Å². The van der Waals surface area contributed by atoms with Gasteiger partial charge >= 0.3 is 5.97 Å². The molecule has 1 aromatic heterocycles. The average molecular weight is 335 g/mol. The molecule has 2 aromatic rings. The van der Waals surface area contributed by atoms with Crippen LogP contribution in [-0.2, 0) is 0 Å². The van der Waals surface area contributed by atoms with Gasteiger partial charge in [-0.05, 0) is 30.3 Å². The number of hydrogen-bond donors (Lipinski definition) is 1. The summed E-state index contributed by atoms with van der Waals surface area (Å²) in [4.78, 5) is 15.5. The highest BCUT2D eigenvalue weighted by Crippen LogP contribution is 2.30. The third kappa shape index (κ3) is 3.34. The van der Waals surface area contributed by atoms with Crippen molar-refractivity contribution in [2.75, 3.05) is 0 Å². The maximum Gasteiger partial charge on any atom is 0.337 e. The molecule has 0 saturated heterocycles. The number of aromatic nitrogens is 1. The Hall–Kier alpha value is -1.84. The summed E-state index contributed by atoms with van der Waals surface area (Å²) in [7, 11) is 0. The lowest BCUT2D eigenvalue weighted by atomic mass is 10.2. The van der Waals surface area contributed by atoms with Crippen LogP contribution in [-0.4, -0.2) is 16.1 Å². The molecule has 0 radical (unpaired) electrons. The summed E-state index contributed by atoms with van der Waals surface area (Å²) in [6.07, 6.45) is 1.30. The number of nitriles is 1. The highest BCUT2D eigenvalue weighted by Gasteiger charge is 2.07. The largest absolute Gasteiger partial charge is 0.478 e. The average Bonchev–Trinajstić information content (AvgIpc) is 2.41. The Morgan fingerprint density at radius 1 is 1.37 bits per heavy atom. The van der Waals surface area contributed by atoms with Crippen molar-refractivity contribution in [3.05, 3.63) is 52.1 Å². The van der Waals surface area contributed by atoms with Crippen molar-refractivity contribution in [2.24, 2.45) is 0 Å². The summed E-state index contributed by atoms with van der Waals surface area (Å²) in [6.45, 7) is 0. The molecule has 0 fully saturated rings. The minimum Gasteiger partial charge on any atom is -0.478 e. The van der Waals surface area contributed by atoms with Crippen LogP contribution >= 0.6 is 27.7 Å². The summed E-state index contributed by atoms with van der Waals surface area (Å²) in [6, 6.07) is 10.6. The minimum absolute atomic E-state index is 0.140. The second-order valence-corrected chi connectivity index (χ2v) is 5.52. The molecular formula is C13H7BrN2O2S. The first-order valence-electron chi connectivity index (χ1n) is 5.17. The summed E-state index contributed by atoms with van der Waals surface area (Å²) >= 11 is 4.63. The summed E-state index contributed by atoms with van der Waals surface area (Å²) in [5.41, 5.74) is 0.684. The van der Waals surface area contributed by atoms with E-state index in [0.29, 0.717) is 10.6 Å². The van der Waals surface area contributed by atoms with E-state index in [1.807, 2.05) is 12.1 Å². The van der Waals surface area contributed by atoms with Gasteiger partial charge in [-0.15, -0.1) is 0 Å². The van der Waals surface area contributed by atoms with E-state index >= 15 is 0 Å². The van der Waals surface area contributed by atoms with E-state index in [9.17, 15) is 4.79 Å². The monoisotopic (exact) mass is 334 g/mol. The zero-order chi connectivity index (χ0) is 13.8. The maximum atomic E-state index is 10.7. The number of benzene rings is 1. The third-order valence-electron chi connectivity index (χ3n) is 2.26. The Morgan fingerprint density at radius 3 is 2.74 bits per heavy atom. The van der Waals surface area contributed by atoms with Crippen LogP contribution in [0.25, 0.3) is 0 Å². The zero-order valence-corrected chi connectivity index (χ0v) is 11.9. The molecule has 0 aliphatic rings. The topological polar surface area (TPSA) is 74.0 Å². The van der Waals surface area contributed by atoms with Gasteiger partial charge in [-0.1, -0.05) is 27.7 Å². The minimum atomic E-state index is -1.01. The van der Waals surface area contributed by atoms with E-state index in [1.165, 1.54) is 24.0 Å². The molecule has 94 valence electrons. The van der Waals surface area contributed by atoms with E-state index in [1.54, 1.807) is 12.1 Å². The molecule has 0 aliphatic heterocycles. The Bertz CT molecular complexity index is 665. The molecule has 0 unspecified atom stereocenters. The SMILES string of the molecule is N#Cc1cc(Br)ccc1Sc1ccc(C(=O)O)cn1. The lowest BCUT2D eigenvalue weighted by Gasteiger charge is -2.04. The molecule has 0 bridgehead atoms. The molecule has 4 nitrogen and oxygen atoms in total. The Kier molecular flexibility index (Phi) is 4.20. The van der Waals surface area contributed by atoms with Crippen LogP contribution in [0, 0.1) is 11.3 Å². The Morgan fingerprint density at radius 2 is 2.16 bits per heavy atom. The van der Waals surface area contributed by atoms with Crippen LogP contribution in [0.4, 0.5) is 0 Å². The Balaban J connectivity index is 2.26. The normalized spacial score (nSPS) is 9.89. The molecule has 19 heavy (non-hydrogen) atoms. The summed E-state index contributed by atoms with van der Waals surface area (Å²) in [5, 5.41) is 18.5. The number of rotatable bonds is 3. The van der Waals surface area contributed by atoms with Gasteiger partial charge in [-0.25, -0.2) is 9.78 Å². The van der Waals surface area contributed by atoms with Crippen LogP contribution in [0.3, 0.4) is 0 Å². The van der Waals surface area contributed by atoms with E-state index in [-0.39, 0.29) is 5.56 Å². The number of nitrogens with zero attached hydrogens (tertiary/aromatic N) is 2. The van der Waals surface area contributed by atoms with Gasteiger partial charge < -0.3 is 5.11 Å². The molecule has 0 amide bonds. The van der Waals surface area contributed by atoms with E-state index < -0.39 is 5.97 Å². The van der Waals surface area contributed by atoms with Crippen molar-refractivity contribution in [2.45, 2.75) is 9.92 Å². The van der Waals surface area contributed by atoms with Gasteiger partial charge in [0.2, 0.25) is 0 Å². The van der Waals surface area contributed by atoms with Crippen molar-refractivity contribution < 1.29 is 9.90 Å². The number of carboxylic acid groups (broad SMARTS) is 1. The van der Waals surface area contributed by atoms with E-state index in [4.69, 9.17) is 10.4 Å². The molecule has 0 atom stereocenters. The van der Waals surface area contributed by atoms with E-state index in [2.05, 4.69) is 27.0 Å². The molecule has 0 aliphatic carbocycles. The Labute approximate surface area is 122 Å². The number of hydrogen-bond acceptors (Lipinski definition) is 4. The van der Waals surface area contributed by atoms with Crippen LogP contribution in [0.5, 0.6) is 0 Å². The van der Waals surface area contributed by atoms with Crippen molar-refractivity contribution in [3.8, 4) is 6.07 Å². The lowest BCUT2D eigenvalue weighted by Crippen LogP contribution is -1.96. The molecule has 1 N–H and O–H groups in total. The van der Waals surface area contributed by atoms with Crippen LogP contribution in [0.2, 0.25) is 0 Å². The summed E-state index contributed by atoms with van der Waals surface area (Å²) < 4.78 is 0.836. The fraction of sp³-hybridized carbons (Fsp3) is 0. The molecular weight excluding hydrogens is 328 g/mol. The number of carbonyl (C=O) groups is 1. The summed E-state index contributed by atoms with van der Waals surface area (Å²) in [5.74, 6) is -1.01. The van der Waals surface area contributed by atoms with Crippen molar-refractivity contribution >= 4 is 33.7 Å². The van der Waals surface area contributed by atoms with E-state index in [0.717, 1.165) is 9.37 Å². The van der Waals surface area contributed by atoms with Crippen LogP contribution < -0.4 is 0 Å². The molecule has 1 aromatic carbocycles. The first-order valence-corrected chi connectivity index (χ1v) is 6.78. The first kappa shape index (κ1) is 13.6. The first-order chi connectivity index (χ1) is 9.10. The van der Waals surface area contributed by atoms with Crippen molar-refractivity contribution in [1.82, 2.24) is 4.98 Å². The number of carboxylic acids is 1. The van der Waals surface area contributed by atoms with Gasteiger partial charge in [0, 0.05) is 15.6 Å². The fourth-order valence-corrected chi connectivity index (χ4v) is 2.54. The van der Waals surface area contributed by atoms with Gasteiger partial charge in [0.25, 0.3) is 0 Å². The fourth-order valence-electron chi connectivity index (χ4n) is 1.36. The molecule has 6 heteroatoms. The van der Waals surface area contributed by atoms with Gasteiger partial charge in [0.15, 0.2) is 0 Å². The molecule has 0 spiro atoms. The predicted molar refractivity (Wildman–Crippen MR) is 74.2 cm³/mol. The lowest BCUT2D eigenvalue weighted by molar-refractivity contribution is 0.0696. The molecule has 1 heterocycles. The second-order valence-electron chi connectivity index (χ2n) is 3.54. The zero-order valence-electron chi connectivity index (χ0n) is 9.50. The number of halogens is 1. The van der Waals surface area contributed by atoms with Crippen LogP contribution in [0.1, 0.15) is 15.9 Å². The quantitative estimate of drug-likeness (QED) is 0.928. The second kappa shape index (κ2) is 5.87. The van der Waals surface area contributed by atoms with Gasteiger partial charge in [0.05, 0.1) is 11.1 Å². The number of pyridine rings is 1. The van der Waals surface area contributed by atoms with Crippen molar-refractivity contribution in [3.63, 3.8) is 0 Å². The van der Waals surface area contributed by atoms with Crippen LogP contribution in [0.15, 0.2) is 50.9 Å². The molecule has 2 rings (SSSR count). The highest BCUT2D eigenvalue weighted by molar-refractivity contribution is 9.10. The smallest absolute Gasteiger partial charge is 0.337 e. The van der Waals surface area contributed by atoms with Crippen molar-refractivity contribution in [1.29, 1.82) is 5.26 Å².